The van der Waals surface area contributed by atoms with Crippen LogP contribution in [-0.4, -0.2) is 67.0 Å². The van der Waals surface area contributed by atoms with Crippen molar-refractivity contribution in [3.63, 3.8) is 0 Å². The van der Waals surface area contributed by atoms with Gasteiger partial charge < -0.3 is 16.0 Å². The first-order valence-corrected chi connectivity index (χ1v) is 6.56. The number of likely N-dealkylation sites (N-methyl/N-ethyl adjacent to an activating group) is 1. The van der Waals surface area contributed by atoms with Crippen LogP contribution in [0.5, 0.6) is 0 Å². The second kappa shape index (κ2) is 6.49. The van der Waals surface area contributed by atoms with E-state index in [0.29, 0.717) is 11.4 Å². The van der Waals surface area contributed by atoms with Crippen LogP contribution >= 0.6 is 0 Å². The fourth-order valence-electron chi connectivity index (χ4n) is 2.15. The molecule has 2 rings (SSSR count). The van der Waals surface area contributed by atoms with Gasteiger partial charge in [0.1, 0.15) is 5.82 Å². The molecule has 1 saturated heterocycles. The molecule has 3 N–H and O–H groups in total. The van der Waals surface area contributed by atoms with E-state index in [1.807, 2.05) is 0 Å². The topological polar surface area (TPSA) is 74.5 Å². The predicted molar refractivity (Wildman–Crippen MR) is 75.2 cm³/mol. The lowest BCUT2D eigenvalue weighted by Crippen LogP contribution is -2.45. The van der Waals surface area contributed by atoms with Crippen molar-refractivity contribution >= 4 is 11.7 Å². The number of nitrogens with zero attached hydrogens (tertiary/aromatic N) is 3. The number of rotatable bonds is 5. The Bertz CT molecular complexity index is 429. The zero-order valence-electron chi connectivity index (χ0n) is 11.3. The summed E-state index contributed by atoms with van der Waals surface area (Å²) in [7, 11) is 2.14. The minimum Gasteiger partial charge on any atom is -0.368 e. The molecule has 104 valence electrons. The van der Waals surface area contributed by atoms with Crippen molar-refractivity contribution in [2.45, 2.75) is 0 Å². The molecule has 0 spiro atoms. The summed E-state index contributed by atoms with van der Waals surface area (Å²) < 4.78 is 0. The van der Waals surface area contributed by atoms with Crippen molar-refractivity contribution < 1.29 is 4.79 Å². The Morgan fingerprint density at radius 3 is 2.84 bits per heavy atom. The van der Waals surface area contributed by atoms with Crippen molar-refractivity contribution in [3.8, 4) is 0 Å². The fourth-order valence-corrected chi connectivity index (χ4v) is 2.15. The molecule has 1 aliphatic rings. The van der Waals surface area contributed by atoms with Crippen molar-refractivity contribution in [2.24, 2.45) is 5.73 Å². The van der Waals surface area contributed by atoms with Crippen LogP contribution in [0.15, 0.2) is 18.3 Å². The maximum absolute atomic E-state index is 11.2. The molecule has 0 aliphatic carbocycles. The lowest BCUT2D eigenvalue weighted by Gasteiger charge is -2.32. The third-order valence-electron chi connectivity index (χ3n) is 3.39. The van der Waals surface area contributed by atoms with E-state index in [1.165, 1.54) is 0 Å². The maximum Gasteiger partial charge on any atom is 0.252 e. The average Bonchev–Trinajstić information content (AvgIpc) is 2.41. The van der Waals surface area contributed by atoms with Crippen LogP contribution in [0.3, 0.4) is 0 Å². The number of nitrogens with one attached hydrogen (secondary N) is 1. The number of piperazine rings is 1. The van der Waals surface area contributed by atoms with Crippen molar-refractivity contribution in [1.82, 2.24) is 14.8 Å². The summed E-state index contributed by atoms with van der Waals surface area (Å²) in [6.45, 7) is 6.10. The minimum absolute atomic E-state index is 0.445. The summed E-state index contributed by atoms with van der Waals surface area (Å²) in [6, 6.07) is 3.40. The van der Waals surface area contributed by atoms with Crippen molar-refractivity contribution in [2.75, 3.05) is 51.6 Å². The van der Waals surface area contributed by atoms with Crippen LogP contribution in [0.25, 0.3) is 0 Å². The van der Waals surface area contributed by atoms with Crippen LogP contribution in [0.4, 0.5) is 5.82 Å². The van der Waals surface area contributed by atoms with Gasteiger partial charge in [-0.15, -0.1) is 0 Å². The van der Waals surface area contributed by atoms with E-state index < -0.39 is 5.91 Å². The van der Waals surface area contributed by atoms with Crippen LogP contribution in [0, 0.1) is 0 Å². The smallest absolute Gasteiger partial charge is 0.252 e. The van der Waals surface area contributed by atoms with E-state index in [9.17, 15) is 4.79 Å². The van der Waals surface area contributed by atoms with Crippen molar-refractivity contribution in [3.05, 3.63) is 23.9 Å². The second-order valence-electron chi connectivity index (χ2n) is 4.84. The third kappa shape index (κ3) is 3.90. The highest BCUT2D eigenvalue weighted by Crippen LogP contribution is 2.10. The van der Waals surface area contributed by atoms with E-state index in [-0.39, 0.29) is 0 Å². The number of anilines is 1. The number of aromatic nitrogens is 1. The maximum atomic E-state index is 11.2. The molecular formula is C13H21N5O. The van der Waals surface area contributed by atoms with Gasteiger partial charge in [0, 0.05) is 45.5 Å². The Hall–Kier alpha value is -1.66. The summed E-state index contributed by atoms with van der Waals surface area (Å²) >= 11 is 0. The molecule has 0 saturated carbocycles. The molecule has 1 fully saturated rings. The van der Waals surface area contributed by atoms with E-state index >= 15 is 0 Å². The molecule has 1 aliphatic heterocycles. The fraction of sp³-hybridized carbons (Fsp3) is 0.538. The monoisotopic (exact) mass is 263 g/mol. The molecule has 1 aromatic heterocycles. The van der Waals surface area contributed by atoms with Crippen LogP contribution in [0.1, 0.15) is 10.4 Å². The molecule has 0 bridgehead atoms. The number of carbonyl (C=O) groups excluding carboxylic acids is 1. The van der Waals surface area contributed by atoms with E-state index in [2.05, 4.69) is 27.1 Å². The first-order valence-electron chi connectivity index (χ1n) is 6.56. The normalized spacial score (nSPS) is 17.3. The van der Waals surface area contributed by atoms with Crippen molar-refractivity contribution in [1.29, 1.82) is 0 Å². The zero-order chi connectivity index (χ0) is 13.7. The highest BCUT2D eigenvalue weighted by atomic mass is 16.1. The lowest BCUT2D eigenvalue weighted by molar-refractivity contribution is 0.100. The SMILES string of the molecule is CN1CCN(CCNc2ncccc2C(N)=O)CC1. The Labute approximate surface area is 113 Å². The van der Waals surface area contributed by atoms with Gasteiger partial charge in [0.2, 0.25) is 0 Å². The molecule has 1 amide bonds. The molecule has 1 aromatic rings. The van der Waals surface area contributed by atoms with Crippen LogP contribution in [-0.2, 0) is 0 Å². The summed E-state index contributed by atoms with van der Waals surface area (Å²) in [5.74, 6) is 0.124. The quantitative estimate of drug-likeness (QED) is 0.772. The van der Waals surface area contributed by atoms with E-state index in [1.54, 1.807) is 18.3 Å². The number of primary amides is 1. The Kier molecular flexibility index (Phi) is 4.70. The third-order valence-corrected chi connectivity index (χ3v) is 3.39. The average molecular weight is 263 g/mol. The highest BCUT2D eigenvalue weighted by molar-refractivity contribution is 5.97. The molecule has 6 nitrogen and oxygen atoms in total. The van der Waals surface area contributed by atoms with Gasteiger partial charge in [0.05, 0.1) is 5.56 Å². The molecule has 0 radical (unpaired) electrons. The van der Waals surface area contributed by atoms with Gasteiger partial charge in [-0.3, -0.25) is 9.69 Å². The predicted octanol–water partition coefficient (Wildman–Crippen LogP) is -0.160. The van der Waals surface area contributed by atoms with Gasteiger partial charge in [0.25, 0.3) is 5.91 Å². The lowest BCUT2D eigenvalue weighted by atomic mass is 10.2. The first-order chi connectivity index (χ1) is 9.16. The summed E-state index contributed by atoms with van der Waals surface area (Å²) in [4.78, 5) is 20.1. The standard InChI is InChI=1S/C13H21N5O/c1-17-7-9-18(10-8-17)6-5-16-13-11(12(14)19)3-2-4-15-13/h2-4H,5-10H2,1H3,(H2,14,19)(H,15,16). The van der Waals surface area contributed by atoms with E-state index in [4.69, 9.17) is 5.73 Å². The van der Waals surface area contributed by atoms with E-state index in [0.717, 1.165) is 39.3 Å². The number of hydrogen-bond donors (Lipinski definition) is 2. The van der Waals surface area contributed by atoms with Gasteiger partial charge in [0.15, 0.2) is 0 Å². The number of amides is 1. The van der Waals surface area contributed by atoms with Gasteiger partial charge >= 0.3 is 0 Å². The number of hydrogen-bond acceptors (Lipinski definition) is 5. The van der Waals surface area contributed by atoms with Gasteiger partial charge in [-0.2, -0.15) is 0 Å². The molecule has 0 unspecified atom stereocenters. The number of nitrogens with two attached hydrogens (primary N) is 1. The van der Waals surface area contributed by atoms with Gasteiger partial charge in [-0.05, 0) is 19.2 Å². The number of pyridine rings is 1. The van der Waals surface area contributed by atoms with Crippen LogP contribution in [0.2, 0.25) is 0 Å². The summed E-state index contributed by atoms with van der Waals surface area (Å²) in [6.07, 6.45) is 1.66. The van der Waals surface area contributed by atoms with Gasteiger partial charge in [-0.1, -0.05) is 0 Å². The summed E-state index contributed by atoms with van der Waals surface area (Å²) in [5, 5.41) is 3.19. The minimum atomic E-state index is -0.449. The first kappa shape index (κ1) is 13.8. The molecule has 0 atom stereocenters. The highest BCUT2D eigenvalue weighted by Gasteiger charge is 2.13. The molecule has 19 heavy (non-hydrogen) atoms. The van der Waals surface area contributed by atoms with Crippen LogP contribution < -0.4 is 11.1 Å². The molecule has 2 heterocycles. The molecule has 0 aromatic carbocycles. The Balaban J connectivity index is 1.81. The Morgan fingerprint density at radius 1 is 1.42 bits per heavy atom. The largest absolute Gasteiger partial charge is 0.368 e. The summed E-state index contributed by atoms with van der Waals surface area (Å²) in [5.41, 5.74) is 5.75. The molecule has 6 heteroatoms. The number of carbonyl (C=O) groups is 1. The zero-order valence-corrected chi connectivity index (χ0v) is 11.3. The molecular weight excluding hydrogens is 242 g/mol. The Morgan fingerprint density at radius 2 is 2.16 bits per heavy atom. The second-order valence-corrected chi connectivity index (χ2v) is 4.84. The van der Waals surface area contributed by atoms with Gasteiger partial charge in [-0.25, -0.2) is 4.98 Å².